The van der Waals surface area contributed by atoms with Crippen LogP contribution in [0.15, 0.2) is 23.2 Å². The van der Waals surface area contributed by atoms with Gasteiger partial charge in [-0.05, 0) is 19.1 Å². The number of hydrogen-bond donors (Lipinski definition) is 0. The molecular formula is C11H16F3NO2SSi. The first-order valence-electron chi connectivity index (χ1n) is 5.64. The van der Waals surface area contributed by atoms with Crippen LogP contribution in [0, 0.1) is 0 Å². The minimum atomic E-state index is -4.78. The molecule has 0 bridgehead atoms. The third-order valence-corrected chi connectivity index (χ3v) is 6.69. The zero-order valence-electron chi connectivity index (χ0n) is 11.1. The van der Waals surface area contributed by atoms with Crippen molar-refractivity contribution >= 4 is 23.2 Å². The van der Waals surface area contributed by atoms with E-state index in [1.165, 1.54) is 12.1 Å². The average molecular weight is 311 g/mol. The van der Waals surface area contributed by atoms with Gasteiger partial charge in [-0.1, -0.05) is 19.6 Å². The molecule has 19 heavy (non-hydrogen) atoms. The molecule has 8 heteroatoms. The van der Waals surface area contributed by atoms with Crippen molar-refractivity contribution in [1.82, 2.24) is 4.98 Å². The summed E-state index contributed by atoms with van der Waals surface area (Å²) in [4.78, 5) is 3.61. The van der Waals surface area contributed by atoms with E-state index in [9.17, 15) is 21.6 Å². The molecule has 0 aliphatic heterocycles. The van der Waals surface area contributed by atoms with Crippen LogP contribution in [-0.4, -0.2) is 32.9 Å². The van der Waals surface area contributed by atoms with E-state index in [1.54, 1.807) is 0 Å². The number of alkyl halides is 3. The molecule has 1 atom stereocenters. The zero-order valence-corrected chi connectivity index (χ0v) is 12.9. The molecule has 1 aromatic rings. The molecular weight excluding hydrogens is 295 g/mol. The smallest absolute Gasteiger partial charge is 0.265 e. The predicted octanol–water partition coefficient (Wildman–Crippen LogP) is 2.35. The van der Waals surface area contributed by atoms with Gasteiger partial charge in [0.2, 0.25) is 0 Å². The van der Waals surface area contributed by atoms with Crippen molar-refractivity contribution in [2.75, 3.05) is 0 Å². The number of sulfone groups is 1. The summed E-state index contributed by atoms with van der Waals surface area (Å²) < 4.78 is 61.1. The topological polar surface area (TPSA) is 47.0 Å². The Bertz CT molecular complexity index is 547. The maximum Gasteiger partial charge on any atom is 0.405 e. The van der Waals surface area contributed by atoms with Crippen molar-refractivity contribution in [3.63, 3.8) is 0 Å². The van der Waals surface area contributed by atoms with Gasteiger partial charge in [-0.3, -0.25) is 4.98 Å². The van der Waals surface area contributed by atoms with Crippen molar-refractivity contribution in [3.05, 3.63) is 18.3 Å². The number of nitrogens with zero attached hydrogens (tertiary/aromatic N) is 1. The van der Waals surface area contributed by atoms with E-state index in [0.29, 0.717) is 6.92 Å². The summed E-state index contributed by atoms with van der Waals surface area (Å²) in [6.45, 7) is 6.69. The van der Waals surface area contributed by atoms with Crippen LogP contribution < -0.4 is 5.32 Å². The van der Waals surface area contributed by atoms with Crippen LogP contribution in [-0.2, 0) is 9.84 Å². The number of halogens is 3. The zero-order chi connectivity index (χ0) is 15.1. The molecule has 0 spiro atoms. The number of hydrogen-bond acceptors (Lipinski definition) is 3. The molecule has 0 amide bonds. The Balaban J connectivity index is 3.18. The largest absolute Gasteiger partial charge is 0.405 e. The predicted molar refractivity (Wildman–Crippen MR) is 69.9 cm³/mol. The van der Waals surface area contributed by atoms with E-state index < -0.39 is 29.3 Å². The maximum atomic E-state index is 12.5. The summed E-state index contributed by atoms with van der Waals surface area (Å²) in [5, 5.41) is -1.68. The summed E-state index contributed by atoms with van der Waals surface area (Å²) in [5.41, 5.74) is 0. The Morgan fingerprint density at radius 1 is 1.21 bits per heavy atom. The van der Waals surface area contributed by atoms with Crippen molar-refractivity contribution in [3.8, 4) is 0 Å². The highest BCUT2D eigenvalue weighted by Crippen LogP contribution is 2.29. The van der Waals surface area contributed by atoms with Gasteiger partial charge in [0.05, 0.1) is 4.90 Å². The van der Waals surface area contributed by atoms with Crippen LogP contribution in [0.3, 0.4) is 0 Å². The van der Waals surface area contributed by atoms with Gasteiger partial charge in [0.15, 0.2) is 15.1 Å². The molecule has 0 radical (unpaired) electrons. The summed E-state index contributed by atoms with van der Waals surface area (Å²) in [5.74, 6) is 0. The summed E-state index contributed by atoms with van der Waals surface area (Å²) >= 11 is 0. The maximum absolute atomic E-state index is 12.5. The van der Waals surface area contributed by atoms with Crippen LogP contribution in [0.5, 0.6) is 0 Å². The summed E-state index contributed by atoms with van der Waals surface area (Å²) in [6, 6.07) is 2.71. The number of aromatic nitrogens is 1. The van der Waals surface area contributed by atoms with Gasteiger partial charge >= 0.3 is 6.18 Å². The molecule has 0 saturated carbocycles. The van der Waals surface area contributed by atoms with Crippen molar-refractivity contribution < 1.29 is 21.6 Å². The van der Waals surface area contributed by atoms with Crippen molar-refractivity contribution in [1.29, 1.82) is 0 Å². The van der Waals surface area contributed by atoms with Crippen LogP contribution in [0.4, 0.5) is 13.2 Å². The Morgan fingerprint density at radius 3 is 2.05 bits per heavy atom. The highest BCUT2D eigenvalue weighted by atomic mass is 32.2. The van der Waals surface area contributed by atoms with Gasteiger partial charge in [0, 0.05) is 11.5 Å². The standard InChI is InChI=1S/C11H16F3NO2SSi/c1-8(11(12,13)14)18(16,17)9-5-6-10(15-7-9)19(2,3)4/h5-8H,1-4H3/t8-/m0/s1. The summed E-state index contributed by atoms with van der Waals surface area (Å²) in [7, 11) is -6.14. The average Bonchev–Trinajstić information content (AvgIpc) is 2.25. The van der Waals surface area contributed by atoms with Gasteiger partial charge in [-0.25, -0.2) is 8.42 Å². The number of rotatable bonds is 3. The summed E-state index contributed by atoms with van der Waals surface area (Å²) in [6.07, 6.45) is -3.76. The van der Waals surface area contributed by atoms with Gasteiger partial charge < -0.3 is 0 Å². The fraction of sp³-hybridized carbons (Fsp3) is 0.545. The van der Waals surface area contributed by atoms with Crippen LogP contribution in [0.1, 0.15) is 6.92 Å². The molecule has 1 aromatic heterocycles. The molecule has 3 nitrogen and oxygen atoms in total. The lowest BCUT2D eigenvalue weighted by Gasteiger charge is -2.18. The van der Waals surface area contributed by atoms with Gasteiger partial charge in [-0.15, -0.1) is 0 Å². The first-order chi connectivity index (χ1) is 8.37. The molecule has 0 fully saturated rings. The minimum Gasteiger partial charge on any atom is -0.265 e. The highest BCUT2D eigenvalue weighted by molar-refractivity contribution is 7.92. The lowest BCUT2D eigenvalue weighted by Crippen LogP contribution is -2.40. The van der Waals surface area contributed by atoms with E-state index in [1.807, 2.05) is 19.6 Å². The Labute approximate surface area is 111 Å². The normalized spacial score (nSPS) is 15.3. The SMILES string of the molecule is C[C@@H](C(F)(F)F)S(=O)(=O)c1ccc([Si](C)(C)C)nc1. The van der Waals surface area contributed by atoms with E-state index in [0.717, 1.165) is 11.5 Å². The fourth-order valence-electron chi connectivity index (χ4n) is 1.37. The Morgan fingerprint density at radius 2 is 1.74 bits per heavy atom. The fourth-order valence-corrected chi connectivity index (χ4v) is 3.62. The highest BCUT2D eigenvalue weighted by Gasteiger charge is 2.45. The van der Waals surface area contributed by atoms with Gasteiger partial charge in [-0.2, -0.15) is 13.2 Å². The van der Waals surface area contributed by atoms with Gasteiger partial charge in [0.1, 0.15) is 8.07 Å². The molecule has 0 saturated heterocycles. The second kappa shape index (κ2) is 4.90. The van der Waals surface area contributed by atoms with Gasteiger partial charge in [0.25, 0.3) is 0 Å². The molecule has 0 aromatic carbocycles. The van der Waals surface area contributed by atoms with E-state index in [2.05, 4.69) is 4.98 Å². The lowest BCUT2D eigenvalue weighted by atomic mass is 10.5. The van der Waals surface area contributed by atoms with E-state index in [-0.39, 0.29) is 4.90 Å². The quantitative estimate of drug-likeness (QED) is 0.805. The molecule has 0 N–H and O–H groups in total. The second-order valence-corrected chi connectivity index (χ2v) is 12.6. The monoisotopic (exact) mass is 311 g/mol. The first-order valence-corrected chi connectivity index (χ1v) is 10.7. The molecule has 0 aliphatic carbocycles. The third-order valence-electron chi connectivity index (χ3n) is 2.76. The molecule has 0 unspecified atom stereocenters. The number of pyridine rings is 1. The second-order valence-electron chi connectivity index (χ2n) is 5.36. The van der Waals surface area contributed by atoms with Crippen LogP contribution >= 0.6 is 0 Å². The van der Waals surface area contributed by atoms with Crippen molar-refractivity contribution in [2.45, 2.75) is 42.9 Å². The third kappa shape index (κ3) is 3.56. The van der Waals surface area contributed by atoms with E-state index >= 15 is 0 Å². The van der Waals surface area contributed by atoms with Crippen LogP contribution in [0.2, 0.25) is 19.6 Å². The Hall–Kier alpha value is -0.893. The molecule has 1 heterocycles. The molecule has 108 valence electrons. The minimum absolute atomic E-state index is 0.390. The van der Waals surface area contributed by atoms with E-state index in [4.69, 9.17) is 0 Å². The van der Waals surface area contributed by atoms with Crippen molar-refractivity contribution in [2.24, 2.45) is 0 Å². The molecule has 0 aliphatic rings. The van der Waals surface area contributed by atoms with Crippen LogP contribution in [0.25, 0.3) is 0 Å². The first kappa shape index (κ1) is 16.2. The Kier molecular flexibility index (Phi) is 4.16. The lowest BCUT2D eigenvalue weighted by molar-refractivity contribution is -0.126. The molecule has 1 rings (SSSR count).